The predicted molar refractivity (Wildman–Crippen MR) is 126 cm³/mol. The SMILES string of the molecule is CCOCCCNC(=NCc1ccc(OC)cc1)NCC(O)c1ccsc1.I. The first kappa shape index (κ1) is 24.7. The predicted octanol–water partition coefficient (Wildman–Crippen LogP) is 3.57. The van der Waals surface area contributed by atoms with Crippen LogP contribution >= 0.6 is 35.3 Å². The van der Waals surface area contributed by atoms with Crippen LogP contribution in [0.5, 0.6) is 5.75 Å². The van der Waals surface area contributed by atoms with Gasteiger partial charge in [0.25, 0.3) is 0 Å². The second kappa shape index (κ2) is 14.6. The van der Waals surface area contributed by atoms with Crippen LogP contribution in [-0.2, 0) is 11.3 Å². The molecular weight excluding hydrogens is 489 g/mol. The molecule has 6 nitrogen and oxygen atoms in total. The van der Waals surface area contributed by atoms with Gasteiger partial charge in [0.1, 0.15) is 5.75 Å². The van der Waals surface area contributed by atoms with Crippen molar-refractivity contribution < 1.29 is 14.6 Å². The van der Waals surface area contributed by atoms with Crippen LogP contribution in [0, 0.1) is 0 Å². The van der Waals surface area contributed by atoms with Crippen molar-refractivity contribution in [2.75, 3.05) is 33.4 Å². The molecule has 1 heterocycles. The average Bonchev–Trinajstić information content (AvgIpc) is 3.24. The third-order valence-corrected chi connectivity index (χ3v) is 4.63. The Hall–Kier alpha value is -1.36. The Kier molecular flexibility index (Phi) is 12.9. The van der Waals surface area contributed by atoms with Crippen molar-refractivity contribution in [2.45, 2.75) is 26.0 Å². The number of thiophene rings is 1. The van der Waals surface area contributed by atoms with Gasteiger partial charge in [-0.2, -0.15) is 11.3 Å². The zero-order valence-corrected chi connectivity index (χ0v) is 19.5. The van der Waals surface area contributed by atoms with Gasteiger partial charge in [-0.25, -0.2) is 4.99 Å². The lowest BCUT2D eigenvalue weighted by atomic mass is 10.2. The Labute approximate surface area is 188 Å². The lowest BCUT2D eigenvalue weighted by molar-refractivity contribution is 0.145. The Bertz CT molecular complexity index is 666. The van der Waals surface area contributed by atoms with Crippen LogP contribution in [0.15, 0.2) is 46.1 Å². The van der Waals surface area contributed by atoms with E-state index in [-0.39, 0.29) is 24.0 Å². The molecule has 0 spiro atoms. The highest BCUT2D eigenvalue weighted by Gasteiger charge is 2.09. The molecule has 0 radical (unpaired) electrons. The maximum absolute atomic E-state index is 10.3. The van der Waals surface area contributed by atoms with Crippen molar-refractivity contribution in [1.29, 1.82) is 0 Å². The monoisotopic (exact) mass is 519 g/mol. The fourth-order valence-corrected chi connectivity index (χ4v) is 3.08. The number of guanidine groups is 1. The molecule has 2 rings (SSSR count). The Morgan fingerprint density at radius 1 is 1.21 bits per heavy atom. The molecule has 1 unspecified atom stereocenters. The summed E-state index contributed by atoms with van der Waals surface area (Å²) in [7, 11) is 1.65. The van der Waals surface area contributed by atoms with Gasteiger partial charge in [0, 0.05) is 26.3 Å². The molecule has 0 fully saturated rings. The molecule has 1 aromatic heterocycles. The van der Waals surface area contributed by atoms with Gasteiger partial charge >= 0.3 is 0 Å². The highest BCUT2D eigenvalue weighted by Crippen LogP contribution is 2.15. The molecular formula is C20H30IN3O3S. The number of aliphatic hydroxyl groups is 1. The van der Waals surface area contributed by atoms with Gasteiger partial charge in [-0.15, -0.1) is 24.0 Å². The minimum atomic E-state index is -0.562. The van der Waals surface area contributed by atoms with E-state index in [1.54, 1.807) is 18.4 Å². The van der Waals surface area contributed by atoms with Gasteiger partial charge in [0.2, 0.25) is 0 Å². The number of methoxy groups -OCH3 is 1. The van der Waals surface area contributed by atoms with Crippen LogP contribution in [0.2, 0.25) is 0 Å². The highest BCUT2D eigenvalue weighted by molar-refractivity contribution is 14.0. The van der Waals surface area contributed by atoms with Crippen LogP contribution in [0.1, 0.15) is 30.6 Å². The lowest BCUT2D eigenvalue weighted by Gasteiger charge is -2.15. The van der Waals surface area contributed by atoms with Crippen molar-refractivity contribution in [2.24, 2.45) is 4.99 Å². The number of hydrogen-bond acceptors (Lipinski definition) is 5. The number of aliphatic imine (C=N–C) groups is 1. The summed E-state index contributed by atoms with van der Waals surface area (Å²) in [5, 5.41) is 20.7. The van der Waals surface area contributed by atoms with Crippen LogP contribution in [-0.4, -0.2) is 44.5 Å². The zero-order chi connectivity index (χ0) is 19.3. The summed E-state index contributed by atoms with van der Waals surface area (Å²) < 4.78 is 10.5. The number of benzene rings is 1. The first-order valence-electron chi connectivity index (χ1n) is 9.16. The fraction of sp³-hybridized carbons (Fsp3) is 0.450. The zero-order valence-electron chi connectivity index (χ0n) is 16.4. The van der Waals surface area contributed by atoms with Crippen LogP contribution in [0.25, 0.3) is 0 Å². The third kappa shape index (κ3) is 9.22. The van der Waals surface area contributed by atoms with E-state index in [0.29, 0.717) is 25.7 Å². The molecule has 0 bridgehead atoms. The lowest BCUT2D eigenvalue weighted by Crippen LogP contribution is -2.40. The number of nitrogens with one attached hydrogen (secondary N) is 2. The van der Waals surface area contributed by atoms with E-state index in [1.165, 1.54) is 0 Å². The van der Waals surface area contributed by atoms with Gasteiger partial charge in [-0.05, 0) is 53.4 Å². The summed E-state index contributed by atoms with van der Waals surface area (Å²) in [6.45, 7) is 5.12. The van der Waals surface area contributed by atoms with E-state index >= 15 is 0 Å². The van der Waals surface area contributed by atoms with Crippen molar-refractivity contribution in [3.8, 4) is 5.75 Å². The number of halogens is 1. The molecule has 1 atom stereocenters. The van der Waals surface area contributed by atoms with Crippen molar-refractivity contribution >= 4 is 41.3 Å². The van der Waals surface area contributed by atoms with Gasteiger partial charge in [-0.1, -0.05) is 12.1 Å². The smallest absolute Gasteiger partial charge is 0.191 e. The van der Waals surface area contributed by atoms with Crippen LogP contribution in [0.4, 0.5) is 0 Å². The quantitative estimate of drug-likeness (QED) is 0.183. The summed E-state index contributed by atoms with van der Waals surface area (Å²) in [5.74, 6) is 1.51. The summed E-state index contributed by atoms with van der Waals surface area (Å²) >= 11 is 1.58. The first-order chi connectivity index (χ1) is 13.2. The average molecular weight is 519 g/mol. The topological polar surface area (TPSA) is 75.1 Å². The van der Waals surface area contributed by atoms with Crippen LogP contribution < -0.4 is 15.4 Å². The second-order valence-electron chi connectivity index (χ2n) is 5.94. The van der Waals surface area contributed by atoms with Gasteiger partial charge in [0.05, 0.1) is 19.8 Å². The molecule has 156 valence electrons. The number of aliphatic hydroxyl groups excluding tert-OH is 1. The molecule has 0 saturated heterocycles. The number of hydrogen-bond donors (Lipinski definition) is 3. The largest absolute Gasteiger partial charge is 0.497 e. The molecule has 8 heteroatoms. The van der Waals surface area contributed by atoms with Gasteiger partial charge in [0.15, 0.2) is 5.96 Å². The van der Waals surface area contributed by atoms with E-state index in [1.807, 2.05) is 48.0 Å². The molecule has 0 amide bonds. The van der Waals surface area contributed by atoms with E-state index < -0.39 is 6.10 Å². The van der Waals surface area contributed by atoms with E-state index in [2.05, 4.69) is 15.6 Å². The van der Waals surface area contributed by atoms with E-state index in [9.17, 15) is 5.11 Å². The minimum Gasteiger partial charge on any atom is -0.497 e. The van der Waals surface area contributed by atoms with Crippen molar-refractivity contribution in [3.63, 3.8) is 0 Å². The Morgan fingerprint density at radius 2 is 2.00 bits per heavy atom. The first-order valence-corrected chi connectivity index (χ1v) is 10.1. The molecule has 3 N–H and O–H groups in total. The number of rotatable bonds is 11. The second-order valence-corrected chi connectivity index (χ2v) is 6.72. The third-order valence-electron chi connectivity index (χ3n) is 3.93. The molecule has 0 aliphatic rings. The molecule has 0 aliphatic carbocycles. The summed E-state index contributed by atoms with van der Waals surface area (Å²) in [6.07, 6.45) is 0.331. The molecule has 0 aliphatic heterocycles. The maximum Gasteiger partial charge on any atom is 0.191 e. The minimum absolute atomic E-state index is 0. The molecule has 28 heavy (non-hydrogen) atoms. The Balaban J connectivity index is 0.00000392. The molecule has 0 saturated carbocycles. The van der Waals surface area contributed by atoms with Crippen LogP contribution in [0.3, 0.4) is 0 Å². The summed E-state index contributed by atoms with van der Waals surface area (Å²) in [6, 6.07) is 9.77. The summed E-state index contributed by atoms with van der Waals surface area (Å²) in [5.41, 5.74) is 2.00. The number of nitrogens with zero attached hydrogens (tertiary/aromatic N) is 1. The maximum atomic E-state index is 10.3. The Morgan fingerprint density at radius 3 is 2.64 bits per heavy atom. The molecule has 2 aromatic rings. The van der Waals surface area contributed by atoms with Gasteiger partial charge in [-0.3, -0.25) is 0 Å². The standard InChI is InChI=1S/C20H29N3O3S.HI/c1-3-26-11-4-10-21-20(23-14-19(24)17-9-12-27-15-17)22-13-16-5-7-18(25-2)8-6-16;/h5-9,12,15,19,24H,3-4,10-11,13-14H2,1-2H3,(H2,21,22,23);1H. The normalized spacial score (nSPS) is 12.2. The van der Waals surface area contributed by atoms with E-state index in [4.69, 9.17) is 9.47 Å². The van der Waals surface area contributed by atoms with E-state index in [0.717, 1.165) is 36.4 Å². The highest BCUT2D eigenvalue weighted by atomic mass is 127. The van der Waals surface area contributed by atoms with Crippen molar-refractivity contribution in [3.05, 3.63) is 52.2 Å². The summed E-state index contributed by atoms with van der Waals surface area (Å²) in [4.78, 5) is 4.62. The molecule has 1 aromatic carbocycles. The van der Waals surface area contributed by atoms with Gasteiger partial charge < -0.3 is 25.2 Å². The number of ether oxygens (including phenoxy) is 2. The van der Waals surface area contributed by atoms with Crippen molar-refractivity contribution in [1.82, 2.24) is 10.6 Å². The fourth-order valence-electron chi connectivity index (χ4n) is 2.38.